The molecule has 1 aromatic carbocycles. The zero-order valence-electron chi connectivity index (χ0n) is 15.2. The molecule has 6 heteroatoms. The van der Waals surface area contributed by atoms with Gasteiger partial charge in [-0.3, -0.25) is 19.2 Å². The number of rotatable bonds is 4. The Balaban J connectivity index is 1.60. The number of aromatic amines is 1. The van der Waals surface area contributed by atoms with E-state index >= 15 is 0 Å². The number of piperazine rings is 1. The van der Waals surface area contributed by atoms with Gasteiger partial charge in [-0.1, -0.05) is 38.1 Å². The second-order valence-electron chi connectivity index (χ2n) is 7.02. The second-order valence-corrected chi connectivity index (χ2v) is 7.02. The van der Waals surface area contributed by atoms with Crippen LogP contribution in [0.15, 0.2) is 39.9 Å². The maximum atomic E-state index is 11.8. The summed E-state index contributed by atoms with van der Waals surface area (Å²) in [6, 6.07) is 10.3. The van der Waals surface area contributed by atoms with Crippen molar-refractivity contribution in [2.75, 3.05) is 31.1 Å². The van der Waals surface area contributed by atoms with Crippen molar-refractivity contribution < 1.29 is 0 Å². The minimum atomic E-state index is -0.366. The highest BCUT2D eigenvalue weighted by molar-refractivity contribution is 5.37. The molecule has 6 nitrogen and oxygen atoms in total. The van der Waals surface area contributed by atoms with Crippen molar-refractivity contribution in [1.82, 2.24) is 14.5 Å². The lowest BCUT2D eigenvalue weighted by Gasteiger charge is -2.35. The molecular formula is C19H26N4O2. The van der Waals surface area contributed by atoms with Crippen LogP contribution in [0.25, 0.3) is 0 Å². The molecular weight excluding hydrogens is 316 g/mol. The predicted octanol–water partition coefficient (Wildman–Crippen LogP) is 1.52. The largest absolute Gasteiger partial charge is 0.355 e. The molecule has 134 valence electrons. The van der Waals surface area contributed by atoms with Crippen LogP contribution in [0.1, 0.15) is 30.9 Å². The summed E-state index contributed by atoms with van der Waals surface area (Å²) in [4.78, 5) is 30.8. The van der Waals surface area contributed by atoms with Gasteiger partial charge in [0, 0.05) is 45.8 Å². The van der Waals surface area contributed by atoms with Gasteiger partial charge < -0.3 is 4.90 Å². The molecule has 1 fully saturated rings. The van der Waals surface area contributed by atoms with Crippen molar-refractivity contribution in [3.05, 3.63) is 62.3 Å². The number of benzene rings is 1. The summed E-state index contributed by atoms with van der Waals surface area (Å²) in [5.74, 6) is 1.17. The number of aromatic nitrogens is 2. The summed E-state index contributed by atoms with van der Waals surface area (Å²) in [6.45, 7) is 8.75. The number of nitrogens with zero attached hydrogens (tertiary/aromatic N) is 3. The zero-order valence-corrected chi connectivity index (χ0v) is 15.2. The first kappa shape index (κ1) is 17.5. The maximum absolute atomic E-state index is 11.8. The number of nitrogens with one attached hydrogen (secondary N) is 1. The van der Waals surface area contributed by atoms with Crippen LogP contribution in [0.3, 0.4) is 0 Å². The smallest absolute Gasteiger partial charge is 0.329 e. The Labute approximate surface area is 147 Å². The summed E-state index contributed by atoms with van der Waals surface area (Å²) >= 11 is 0. The van der Waals surface area contributed by atoms with Gasteiger partial charge in [0.1, 0.15) is 5.82 Å². The molecule has 3 rings (SSSR count). The third-order valence-corrected chi connectivity index (χ3v) is 4.90. The number of H-pyrrole nitrogens is 1. The average Bonchev–Trinajstić information content (AvgIpc) is 2.60. The van der Waals surface area contributed by atoms with E-state index < -0.39 is 0 Å². The van der Waals surface area contributed by atoms with Gasteiger partial charge >= 0.3 is 5.69 Å². The Kier molecular flexibility index (Phi) is 5.08. The summed E-state index contributed by atoms with van der Waals surface area (Å²) < 4.78 is 1.08. The molecule has 0 amide bonds. The number of hydrogen-bond acceptors (Lipinski definition) is 4. The molecule has 1 aliphatic rings. The molecule has 25 heavy (non-hydrogen) atoms. The van der Waals surface area contributed by atoms with Gasteiger partial charge in [0.05, 0.1) is 0 Å². The van der Waals surface area contributed by atoms with E-state index in [2.05, 4.69) is 52.9 Å². The van der Waals surface area contributed by atoms with Crippen molar-refractivity contribution in [3.8, 4) is 0 Å². The highest BCUT2D eigenvalue weighted by atomic mass is 16.2. The van der Waals surface area contributed by atoms with Crippen LogP contribution in [0.2, 0.25) is 0 Å². The van der Waals surface area contributed by atoms with E-state index in [9.17, 15) is 9.59 Å². The van der Waals surface area contributed by atoms with Crippen LogP contribution in [0.4, 0.5) is 5.82 Å². The van der Waals surface area contributed by atoms with E-state index in [1.807, 2.05) is 0 Å². The lowest BCUT2D eigenvalue weighted by molar-refractivity contribution is 0.249. The number of hydrogen-bond donors (Lipinski definition) is 1. The molecule has 1 N–H and O–H groups in total. The Morgan fingerprint density at radius 2 is 1.68 bits per heavy atom. The van der Waals surface area contributed by atoms with E-state index in [1.165, 1.54) is 24.2 Å². The fourth-order valence-corrected chi connectivity index (χ4v) is 3.13. The standard InChI is InChI=1S/C19H26N4O2/c1-14(2)16-6-4-15(5-7-16)13-22-8-10-23(11-9-22)17-12-18(24)21(3)19(25)20-17/h4-7,12,14H,8-11,13H2,1-3H3,(H,20,25). The summed E-state index contributed by atoms with van der Waals surface area (Å²) in [7, 11) is 1.48. The molecule has 0 bridgehead atoms. The summed E-state index contributed by atoms with van der Waals surface area (Å²) in [5, 5.41) is 0. The summed E-state index contributed by atoms with van der Waals surface area (Å²) in [6.07, 6.45) is 0. The Morgan fingerprint density at radius 1 is 1.04 bits per heavy atom. The van der Waals surface area contributed by atoms with E-state index in [1.54, 1.807) is 0 Å². The molecule has 1 saturated heterocycles. The van der Waals surface area contributed by atoms with Crippen molar-refractivity contribution in [3.63, 3.8) is 0 Å². The molecule has 0 aliphatic carbocycles. The monoisotopic (exact) mass is 342 g/mol. The fraction of sp³-hybridized carbons (Fsp3) is 0.474. The first-order chi connectivity index (χ1) is 11.9. The predicted molar refractivity (Wildman–Crippen MR) is 100 cm³/mol. The Bertz CT molecular complexity index is 796. The molecule has 1 aromatic heterocycles. The first-order valence-corrected chi connectivity index (χ1v) is 8.80. The molecule has 0 spiro atoms. The van der Waals surface area contributed by atoms with Crippen molar-refractivity contribution in [2.45, 2.75) is 26.3 Å². The third-order valence-electron chi connectivity index (χ3n) is 4.90. The topological polar surface area (TPSA) is 61.3 Å². The molecule has 0 saturated carbocycles. The van der Waals surface area contributed by atoms with Crippen LogP contribution in [0, 0.1) is 0 Å². The van der Waals surface area contributed by atoms with E-state index in [-0.39, 0.29) is 11.2 Å². The minimum Gasteiger partial charge on any atom is -0.355 e. The molecule has 0 unspecified atom stereocenters. The SMILES string of the molecule is CC(C)c1ccc(CN2CCN(c3cc(=O)n(C)c(=O)[nH]3)CC2)cc1. The molecule has 2 heterocycles. The van der Waals surface area contributed by atoms with Crippen LogP contribution in [-0.4, -0.2) is 40.6 Å². The second kappa shape index (κ2) is 7.27. The highest BCUT2D eigenvalue weighted by Crippen LogP contribution is 2.17. The van der Waals surface area contributed by atoms with Gasteiger partial charge in [-0.15, -0.1) is 0 Å². The van der Waals surface area contributed by atoms with Gasteiger partial charge in [-0.25, -0.2) is 4.79 Å². The van der Waals surface area contributed by atoms with E-state index in [0.29, 0.717) is 11.7 Å². The van der Waals surface area contributed by atoms with Gasteiger partial charge in [0.2, 0.25) is 0 Å². The molecule has 2 aromatic rings. The number of anilines is 1. The maximum Gasteiger partial charge on any atom is 0.329 e. The van der Waals surface area contributed by atoms with E-state index in [0.717, 1.165) is 37.3 Å². The van der Waals surface area contributed by atoms with Gasteiger partial charge in [-0.05, 0) is 17.0 Å². The average molecular weight is 342 g/mol. The van der Waals surface area contributed by atoms with Crippen LogP contribution < -0.4 is 16.1 Å². The Morgan fingerprint density at radius 3 is 2.24 bits per heavy atom. The third kappa shape index (κ3) is 4.02. The first-order valence-electron chi connectivity index (χ1n) is 8.80. The summed E-state index contributed by atoms with van der Waals surface area (Å²) in [5.41, 5.74) is 2.05. The van der Waals surface area contributed by atoms with Gasteiger partial charge in [0.25, 0.3) is 5.56 Å². The van der Waals surface area contributed by atoms with Crippen LogP contribution >= 0.6 is 0 Å². The van der Waals surface area contributed by atoms with Crippen molar-refractivity contribution in [1.29, 1.82) is 0 Å². The fourth-order valence-electron chi connectivity index (χ4n) is 3.13. The zero-order chi connectivity index (χ0) is 18.0. The van der Waals surface area contributed by atoms with Crippen molar-refractivity contribution in [2.24, 2.45) is 7.05 Å². The van der Waals surface area contributed by atoms with Crippen molar-refractivity contribution >= 4 is 5.82 Å². The Hall–Kier alpha value is -2.34. The minimum absolute atomic E-state index is 0.272. The molecule has 0 radical (unpaired) electrons. The van der Waals surface area contributed by atoms with E-state index in [4.69, 9.17) is 0 Å². The normalized spacial score (nSPS) is 15.8. The van der Waals surface area contributed by atoms with Crippen LogP contribution in [-0.2, 0) is 13.6 Å². The lowest BCUT2D eigenvalue weighted by atomic mass is 10.0. The molecule has 0 atom stereocenters. The quantitative estimate of drug-likeness (QED) is 0.915. The highest BCUT2D eigenvalue weighted by Gasteiger charge is 2.18. The lowest BCUT2D eigenvalue weighted by Crippen LogP contribution is -2.47. The van der Waals surface area contributed by atoms with Gasteiger partial charge in [0.15, 0.2) is 0 Å². The molecule has 1 aliphatic heterocycles. The van der Waals surface area contributed by atoms with Gasteiger partial charge in [-0.2, -0.15) is 0 Å². The van der Waals surface area contributed by atoms with Crippen LogP contribution in [0.5, 0.6) is 0 Å².